The number of anilines is 1. The molecule has 0 aliphatic carbocycles. The van der Waals surface area contributed by atoms with Crippen molar-refractivity contribution in [2.45, 2.75) is 11.8 Å². The van der Waals surface area contributed by atoms with Crippen LogP contribution in [0.2, 0.25) is 0 Å². The van der Waals surface area contributed by atoms with Gasteiger partial charge in [0, 0.05) is 16.4 Å². The molecule has 3 heterocycles. The quantitative estimate of drug-likeness (QED) is 0.535. The number of rotatable bonds is 4. The molecule has 36 heavy (non-hydrogen) atoms. The summed E-state index contributed by atoms with van der Waals surface area (Å²) in [4.78, 5) is 43.6. The van der Waals surface area contributed by atoms with Gasteiger partial charge in [-0.2, -0.15) is 0 Å². The van der Waals surface area contributed by atoms with Crippen LogP contribution in [0.4, 0.5) is 5.69 Å². The highest BCUT2D eigenvalue weighted by Gasteiger charge is 2.60. The van der Waals surface area contributed by atoms with Crippen LogP contribution in [0.1, 0.15) is 5.56 Å². The molecule has 1 spiro atoms. The van der Waals surface area contributed by atoms with Gasteiger partial charge in [0.2, 0.25) is 5.60 Å². The molecule has 0 bridgehead atoms. The van der Waals surface area contributed by atoms with E-state index in [1.54, 1.807) is 42.6 Å². The number of fused-ring (bicyclic) bond motifs is 1. The molecule has 0 fully saturated rings. The molecular formula is C27H21BrN2O6. The normalized spacial score (nSPS) is 22.6. The number of ether oxygens (including phenoxy) is 3. The highest BCUT2D eigenvalue weighted by Crippen LogP contribution is 2.47. The van der Waals surface area contributed by atoms with Gasteiger partial charge in [0.1, 0.15) is 11.3 Å². The van der Waals surface area contributed by atoms with Crippen LogP contribution in [-0.4, -0.2) is 48.8 Å². The van der Waals surface area contributed by atoms with Gasteiger partial charge in [-0.25, -0.2) is 9.59 Å². The minimum atomic E-state index is -1.95. The zero-order valence-electron chi connectivity index (χ0n) is 19.4. The number of carbonyl (C=O) groups is 3. The van der Waals surface area contributed by atoms with Crippen molar-refractivity contribution < 1.29 is 28.6 Å². The van der Waals surface area contributed by atoms with Gasteiger partial charge >= 0.3 is 11.9 Å². The van der Waals surface area contributed by atoms with E-state index in [0.29, 0.717) is 16.9 Å². The third-order valence-corrected chi connectivity index (χ3v) is 6.63. The topological polar surface area (TPSA) is 85.4 Å². The van der Waals surface area contributed by atoms with E-state index in [-0.39, 0.29) is 11.3 Å². The fourth-order valence-electron chi connectivity index (χ4n) is 4.51. The van der Waals surface area contributed by atoms with Gasteiger partial charge in [-0.1, -0.05) is 52.3 Å². The lowest BCUT2D eigenvalue weighted by Crippen LogP contribution is -2.57. The number of benzene rings is 2. The maximum atomic E-state index is 14.4. The minimum absolute atomic E-state index is 0.129. The fraction of sp³-hybridized carbons (Fsp3) is 0.148. The zero-order valence-corrected chi connectivity index (χ0v) is 21.0. The van der Waals surface area contributed by atoms with E-state index in [2.05, 4.69) is 15.9 Å². The van der Waals surface area contributed by atoms with E-state index in [9.17, 15) is 14.4 Å². The lowest BCUT2D eigenvalue weighted by atomic mass is 9.88. The lowest BCUT2D eigenvalue weighted by Gasteiger charge is -2.43. The predicted octanol–water partition coefficient (Wildman–Crippen LogP) is 3.92. The Bertz CT molecular complexity index is 1360. The average Bonchev–Trinajstić information content (AvgIpc) is 3.19. The summed E-state index contributed by atoms with van der Waals surface area (Å²) in [5.74, 6) is -2.24. The SMILES string of the molecule is COC(=O)C1=C(C(=O)OC)C2(C=C(c3ccc(Br)cc3)N(c3ccccc3)C2=O)OC2C=CC=CN12. The van der Waals surface area contributed by atoms with E-state index >= 15 is 0 Å². The Hall–Kier alpha value is -3.95. The maximum Gasteiger partial charge on any atom is 0.355 e. The first-order chi connectivity index (χ1) is 17.4. The Morgan fingerprint density at radius 3 is 2.33 bits per heavy atom. The first-order valence-electron chi connectivity index (χ1n) is 11.0. The second-order valence-electron chi connectivity index (χ2n) is 8.10. The summed E-state index contributed by atoms with van der Waals surface area (Å²) < 4.78 is 17.3. The van der Waals surface area contributed by atoms with Crippen LogP contribution < -0.4 is 4.90 Å². The standard InChI is InChI=1S/C27H21BrN2O6/c1-34-24(31)22-23(25(32)35-2)29-15-7-6-10-21(29)36-27(22)16-20(17-11-13-18(28)14-12-17)30(26(27)33)19-8-4-3-5-9-19/h3-16,21H,1-2H3. The molecule has 5 rings (SSSR count). The minimum Gasteiger partial charge on any atom is -0.465 e. The fourth-order valence-corrected chi connectivity index (χ4v) is 4.77. The summed E-state index contributed by atoms with van der Waals surface area (Å²) in [6.45, 7) is 0. The number of esters is 2. The van der Waals surface area contributed by atoms with Gasteiger partial charge in [0.05, 0.1) is 19.9 Å². The predicted molar refractivity (Wildman–Crippen MR) is 135 cm³/mol. The second kappa shape index (κ2) is 9.25. The number of nitrogens with zero attached hydrogens (tertiary/aromatic N) is 2. The summed E-state index contributed by atoms with van der Waals surface area (Å²) >= 11 is 3.44. The van der Waals surface area contributed by atoms with Gasteiger partial charge in [-0.3, -0.25) is 9.69 Å². The van der Waals surface area contributed by atoms with Gasteiger partial charge in [0.15, 0.2) is 6.23 Å². The van der Waals surface area contributed by atoms with Gasteiger partial charge in [-0.15, -0.1) is 0 Å². The van der Waals surface area contributed by atoms with Crippen molar-refractivity contribution in [1.82, 2.24) is 4.90 Å². The van der Waals surface area contributed by atoms with E-state index in [0.717, 1.165) is 4.47 Å². The van der Waals surface area contributed by atoms with Crippen LogP contribution in [0.15, 0.2) is 101 Å². The Kier molecular flexibility index (Phi) is 6.11. The summed E-state index contributed by atoms with van der Waals surface area (Å²) in [6.07, 6.45) is 7.42. The van der Waals surface area contributed by atoms with Gasteiger partial charge < -0.3 is 19.1 Å². The first-order valence-corrected chi connectivity index (χ1v) is 11.8. The largest absolute Gasteiger partial charge is 0.465 e. The number of carbonyl (C=O) groups excluding carboxylic acids is 3. The van der Waals surface area contributed by atoms with Crippen molar-refractivity contribution in [1.29, 1.82) is 0 Å². The van der Waals surface area contributed by atoms with Crippen molar-refractivity contribution in [3.05, 3.63) is 106 Å². The summed E-state index contributed by atoms with van der Waals surface area (Å²) in [5, 5.41) is 0. The molecule has 2 aromatic carbocycles. The van der Waals surface area contributed by atoms with Crippen LogP contribution in [0, 0.1) is 0 Å². The van der Waals surface area contributed by atoms with Crippen molar-refractivity contribution in [3.63, 3.8) is 0 Å². The average molecular weight is 549 g/mol. The van der Waals surface area contributed by atoms with Crippen LogP contribution >= 0.6 is 15.9 Å². The van der Waals surface area contributed by atoms with E-state index in [4.69, 9.17) is 14.2 Å². The van der Waals surface area contributed by atoms with Crippen LogP contribution in [-0.2, 0) is 28.6 Å². The Labute approximate surface area is 215 Å². The molecule has 9 heteroatoms. The highest BCUT2D eigenvalue weighted by atomic mass is 79.9. The van der Waals surface area contributed by atoms with Gasteiger partial charge in [0.25, 0.3) is 5.91 Å². The molecule has 0 N–H and O–H groups in total. The summed E-state index contributed by atoms with van der Waals surface area (Å²) in [6, 6.07) is 16.4. The van der Waals surface area contributed by atoms with E-state index < -0.39 is 29.7 Å². The monoisotopic (exact) mass is 548 g/mol. The summed E-state index contributed by atoms with van der Waals surface area (Å²) in [5.41, 5.74) is -0.565. The van der Waals surface area contributed by atoms with Crippen LogP contribution in [0.3, 0.4) is 0 Å². The molecule has 2 unspecified atom stereocenters. The third-order valence-electron chi connectivity index (χ3n) is 6.11. The molecule has 0 saturated carbocycles. The maximum absolute atomic E-state index is 14.4. The Morgan fingerprint density at radius 1 is 0.972 bits per heavy atom. The number of methoxy groups -OCH3 is 2. The number of para-hydroxylation sites is 1. The van der Waals surface area contributed by atoms with Crippen molar-refractivity contribution >= 4 is 45.2 Å². The highest BCUT2D eigenvalue weighted by molar-refractivity contribution is 9.10. The lowest BCUT2D eigenvalue weighted by molar-refractivity contribution is -0.159. The Balaban J connectivity index is 1.82. The Morgan fingerprint density at radius 2 is 1.67 bits per heavy atom. The van der Waals surface area contributed by atoms with Crippen molar-refractivity contribution in [3.8, 4) is 0 Å². The number of amides is 1. The molecule has 0 aromatic heterocycles. The molecule has 2 aromatic rings. The first kappa shape index (κ1) is 23.8. The molecule has 1 amide bonds. The molecular weight excluding hydrogens is 528 g/mol. The number of halogens is 1. The second-order valence-corrected chi connectivity index (χ2v) is 9.01. The molecule has 182 valence electrons. The van der Waals surface area contributed by atoms with E-state index in [1.807, 2.05) is 42.5 Å². The van der Waals surface area contributed by atoms with Crippen molar-refractivity contribution in [2.75, 3.05) is 19.1 Å². The number of allylic oxidation sites excluding steroid dienone is 2. The number of hydrogen-bond acceptors (Lipinski definition) is 7. The van der Waals surface area contributed by atoms with Crippen molar-refractivity contribution in [2.24, 2.45) is 0 Å². The van der Waals surface area contributed by atoms with E-state index in [1.165, 1.54) is 24.0 Å². The van der Waals surface area contributed by atoms with Crippen LogP contribution in [0.25, 0.3) is 5.70 Å². The third kappa shape index (κ3) is 3.68. The summed E-state index contributed by atoms with van der Waals surface area (Å²) in [7, 11) is 2.39. The van der Waals surface area contributed by atoms with Gasteiger partial charge in [-0.05, 0) is 48.1 Å². The molecule has 8 nitrogen and oxygen atoms in total. The number of hydrogen-bond donors (Lipinski definition) is 0. The molecule has 3 aliphatic rings. The smallest absolute Gasteiger partial charge is 0.355 e. The molecule has 0 radical (unpaired) electrons. The zero-order chi connectivity index (χ0) is 25.4. The molecule has 3 aliphatic heterocycles. The van der Waals surface area contributed by atoms with Crippen LogP contribution in [0.5, 0.6) is 0 Å². The molecule has 2 atom stereocenters. The molecule has 0 saturated heterocycles.